The largest absolute Gasteiger partial charge is 0.392 e. The molecule has 0 aliphatic carbocycles. The molecule has 0 saturated heterocycles. The zero-order valence-electron chi connectivity index (χ0n) is 5.01. The molecule has 54 valence electrons. The van der Waals surface area contributed by atoms with Crippen LogP contribution in [0, 0.1) is 9.52 Å². The van der Waals surface area contributed by atoms with Gasteiger partial charge in [-0.05, 0) is 22.6 Å². The van der Waals surface area contributed by atoms with Gasteiger partial charge in [-0.2, -0.15) is 4.39 Å². The molecule has 0 radical (unpaired) electrons. The van der Waals surface area contributed by atoms with Gasteiger partial charge in [-0.1, -0.05) is 0 Å². The Balaban J connectivity index is 3.07. The third-order valence-corrected chi connectivity index (χ3v) is 2.07. The zero-order chi connectivity index (χ0) is 7.56. The van der Waals surface area contributed by atoms with Crippen LogP contribution in [0.3, 0.4) is 0 Å². The predicted octanol–water partition coefficient (Wildman–Crippen LogP) is 1.32. The Morgan fingerprint density at radius 1 is 1.70 bits per heavy atom. The van der Waals surface area contributed by atoms with Crippen LogP contribution in [0.15, 0.2) is 12.3 Å². The molecule has 0 fully saturated rings. The van der Waals surface area contributed by atoms with E-state index in [0.29, 0.717) is 9.13 Å². The Morgan fingerprint density at radius 2 is 2.40 bits per heavy atom. The van der Waals surface area contributed by atoms with E-state index in [0.717, 1.165) is 0 Å². The molecule has 0 amide bonds. The van der Waals surface area contributed by atoms with Gasteiger partial charge in [-0.25, -0.2) is 4.98 Å². The first-order valence-electron chi connectivity index (χ1n) is 2.65. The smallest absolute Gasteiger partial charge is 0.213 e. The van der Waals surface area contributed by atoms with Gasteiger partial charge in [-0.3, -0.25) is 0 Å². The molecule has 1 N–H and O–H groups in total. The number of hydrogen-bond donors (Lipinski definition) is 1. The molecular formula is C6H5FINO. The lowest BCUT2D eigenvalue weighted by molar-refractivity contribution is 0.280. The summed E-state index contributed by atoms with van der Waals surface area (Å²) in [5.74, 6) is -0.512. The average Bonchev–Trinajstić information content (AvgIpc) is 1.88. The number of rotatable bonds is 1. The summed E-state index contributed by atoms with van der Waals surface area (Å²) >= 11 is 1.95. The summed E-state index contributed by atoms with van der Waals surface area (Å²) in [6.07, 6.45) is 1.33. The summed E-state index contributed by atoms with van der Waals surface area (Å²) in [5.41, 5.74) is 0.655. The van der Waals surface area contributed by atoms with Crippen LogP contribution in [-0.4, -0.2) is 10.1 Å². The van der Waals surface area contributed by atoms with Crippen molar-refractivity contribution in [2.75, 3.05) is 0 Å². The van der Waals surface area contributed by atoms with Crippen LogP contribution in [0.4, 0.5) is 4.39 Å². The lowest BCUT2D eigenvalue weighted by atomic mass is 10.3. The topological polar surface area (TPSA) is 33.1 Å². The van der Waals surface area contributed by atoms with Crippen LogP contribution >= 0.6 is 22.6 Å². The van der Waals surface area contributed by atoms with Gasteiger partial charge in [0.2, 0.25) is 5.95 Å². The van der Waals surface area contributed by atoms with Crippen LogP contribution < -0.4 is 0 Å². The third-order valence-electron chi connectivity index (χ3n) is 1.07. The molecule has 4 heteroatoms. The fraction of sp³-hybridized carbons (Fsp3) is 0.167. The maximum Gasteiger partial charge on any atom is 0.213 e. The van der Waals surface area contributed by atoms with Crippen LogP contribution in [0.25, 0.3) is 0 Å². The highest BCUT2D eigenvalue weighted by Crippen LogP contribution is 2.10. The van der Waals surface area contributed by atoms with E-state index in [9.17, 15) is 4.39 Å². The van der Waals surface area contributed by atoms with Crippen molar-refractivity contribution >= 4 is 22.6 Å². The number of halogens is 2. The zero-order valence-corrected chi connectivity index (χ0v) is 7.17. The van der Waals surface area contributed by atoms with Crippen molar-refractivity contribution in [2.45, 2.75) is 6.61 Å². The van der Waals surface area contributed by atoms with E-state index >= 15 is 0 Å². The summed E-state index contributed by atoms with van der Waals surface area (Å²) in [6.45, 7) is -0.0917. The van der Waals surface area contributed by atoms with Crippen molar-refractivity contribution in [1.82, 2.24) is 4.98 Å². The van der Waals surface area contributed by atoms with E-state index in [1.54, 1.807) is 0 Å². The Bertz CT molecular complexity index is 241. The summed E-state index contributed by atoms with van der Waals surface area (Å²) in [5, 5.41) is 8.64. The first-order valence-corrected chi connectivity index (χ1v) is 3.72. The van der Waals surface area contributed by atoms with Gasteiger partial charge >= 0.3 is 0 Å². The molecule has 0 unspecified atom stereocenters. The van der Waals surface area contributed by atoms with Gasteiger partial charge in [0, 0.05) is 21.4 Å². The number of nitrogens with zero attached hydrogens (tertiary/aromatic N) is 1. The molecule has 0 aliphatic rings. The molecule has 10 heavy (non-hydrogen) atoms. The van der Waals surface area contributed by atoms with Crippen molar-refractivity contribution in [3.8, 4) is 0 Å². The highest BCUT2D eigenvalue weighted by atomic mass is 127. The Kier molecular flexibility index (Phi) is 2.56. The molecule has 0 saturated carbocycles. The quantitative estimate of drug-likeness (QED) is 0.604. The van der Waals surface area contributed by atoms with E-state index in [1.165, 1.54) is 12.3 Å². The molecule has 1 aromatic heterocycles. The maximum atomic E-state index is 12.3. The van der Waals surface area contributed by atoms with Crippen molar-refractivity contribution in [2.24, 2.45) is 0 Å². The lowest BCUT2D eigenvalue weighted by Crippen LogP contribution is -1.92. The molecule has 0 spiro atoms. The van der Waals surface area contributed by atoms with Crippen LogP contribution in [0.5, 0.6) is 0 Å². The number of pyridine rings is 1. The van der Waals surface area contributed by atoms with Crippen molar-refractivity contribution in [3.05, 3.63) is 27.3 Å². The predicted molar refractivity (Wildman–Crippen MR) is 42.8 cm³/mol. The molecule has 1 rings (SSSR count). The maximum absolute atomic E-state index is 12.3. The second kappa shape index (κ2) is 3.25. The number of aromatic nitrogens is 1. The van der Waals surface area contributed by atoms with Crippen LogP contribution in [0.2, 0.25) is 0 Å². The molecule has 0 bridgehead atoms. The highest BCUT2D eigenvalue weighted by Gasteiger charge is 1.99. The van der Waals surface area contributed by atoms with Gasteiger partial charge in [0.25, 0.3) is 0 Å². The molecule has 1 heterocycles. The van der Waals surface area contributed by atoms with Crippen molar-refractivity contribution in [3.63, 3.8) is 0 Å². The number of hydrogen-bond acceptors (Lipinski definition) is 2. The molecule has 0 aliphatic heterocycles. The number of aliphatic hydroxyl groups is 1. The fourth-order valence-corrected chi connectivity index (χ4v) is 1.12. The molecule has 0 aromatic carbocycles. The highest BCUT2D eigenvalue weighted by molar-refractivity contribution is 14.1. The number of aliphatic hydroxyl groups excluding tert-OH is 1. The van der Waals surface area contributed by atoms with E-state index < -0.39 is 5.95 Å². The van der Waals surface area contributed by atoms with Gasteiger partial charge in [0.15, 0.2) is 0 Å². The summed E-state index contributed by atoms with van der Waals surface area (Å²) in [7, 11) is 0. The molecule has 1 aromatic rings. The average molecular weight is 253 g/mol. The normalized spacial score (nSPS) is 9.90. The van der Waals surface area contributed by atoms with Gasteiger partial charge in [-0.15, -0.1) is 0 Å². The standard InChI is InChI=1S/C6H5FINO/c7-6-1-5(8)4(3-10)2-9-6/h1-2,10H,3H2. The lowest BCUT2D eigenvalue weighted by Gasteiger charge is -1.97. The minimum Gasteiger partial charge on any atom is -0.392 e. The molecule has 2 nitrogen and oxygen atoms in total. The molecule has 0 atom stereocenters. The summed E-state index contributed by atoms with van der Waals surface area (Å²) in [6, 6.07) is 1.28. The third kappa shape index (κ3) is 1.63. The summed E-state index contributed by atoms with van der Waals surface area (Å²) in [4.78, 5) is 3.38. The second-order valence-electron chi connectivity index (χ2n) is 1.76. The van der Waals surface area contributed by atoms with Crippen molar-refractivity contribution < 1.29 is 9.50 Å². The van der Waals surface area contributed by atoms with E-state index in [-0.39, 0.29) is 6.61 Å². The van der Waals surface area contributed by atoms with Crippen LogP contribution in [0.1, 0.15) is 5.56 Å². The van der Waals surface area contributed by atoms with Crippen molar-refractivity contribution in [1.29, 1.82) is 0 Å². The molecular weight excluding hydrogens is 248 g/mol. The van der Waals surface area contributed by atoms with E-state index in [2.05, 4.69) is 4.98 Å². The minimum absolute atomic E-state index is 0.0917. The van der Waals surface area contributed by atoms with Gasteiger partial charge < -0.3 is 5.11 Å². The van der Waals surface area contributed by atoms with Crippen LogP contribution in [-0.2, 0) is 6.61 Å². The SMILES string of the molecule is OCc1cnc(F)cc1I. The van der Waals surface area contributed by atoms with Gasteiger partial charge in [0.05, 0.1) is 6.61 Å². The minimum atomic E-state index is -0.512. The fourth-order valence-electron chi connectivity index (χ4n) is 0.552. The summed E-state index contributed by atoms with van der Waals surface area (Å²) < 4.78 is 13.0. The van der Waals surface area contributed by atoms with E-state index in [4.69, 9.17) is 5.11 Å². The second-order valence-corrected chi connectivity index (χ2v) is 2.92. The van der Waals surface area contributed by atoms with E-state index in [1.807, 2.05) is 22.6 Å². The monoisotopic (exact) mass is 253 g/mol. The Hall–Kier alpha value is -0.230. The Labute approximate surface area is 71.2 Å². The Morgan fingerprint density at radius 3 is 2.90 bits per heavy atom. The first kappa shape index (κ1) is 7.87. The first-order chi connectivity index (χ1) is 4.74. The van der Waals surface area contributed by atoms with Gasteiger partial charge in [0.1, 0.15) is 0 Å².